The van der Waals surface area contributed by atoms with Crippen molar-refractivity contribution >= 4 is 28.2 Å². The van der Waals surface area contributed by atoms with Crippen LogP contribution in [0.1, 0.15) is 57.8 Å². The van der Waals surface area contributed by atoms with Crippen molar-refractivity contribution in [1.82, 2.24) is 0 Å². The number of H-pyrrole nitrogens is 1. The first-order valence-electron chi connectivity index (χ1n) is 13.9. The van der Waals surface area contributed by atoms with Crippen LogP contribution in [0.15, 0.2) is 30.5 Å². The number of piperidine rings is 1. The molecule has 0 amide bonds. The smallest absolute Gasteiger partial charge is 0.215 e. The second kappa shape index (κ2) is 11.0. The van der Waals surface area contributed by atoms with Crippen molar-refractivity contribution in [3.63, 3.8) is 0 Å². The van der Waals surface area contributed by atoms with Crippen LogP contribution < -0.4 is 40.0 Å². The maximum Gasteiger partial charge on any atom is 0.215 e. The molecule has 4 bridgehead atoms. The molecule has 1 aromatic carbocycles. The van der Waals surface area contributed by atoms with Gasteiger partial charge in [-0.1, -0.05) is 11.6 Å². The Kier molecular flexibility index (Phi) is 8.20. The van der Waals surface area contributed by atoms with E-state index < -0.39 is 11.6 Å². The van der Waals surface area contributed by atoms with Crippen molar-refractivity contribution in [3.05, 3.63) is 35.5 Å². The predicted octanol–water partition coefficient (Wildman–Crippen LogP) is -1.99. The molecule has 6 fully saturated rings. The number of likely N-dealkylation sites (tertiary alicyclic amines) is 1. The van der Waals surface area contributed by atoms with Gasteiger partial charge in [0.1, 0.15) is 0 Å². The topological polar surface area (TPSA) is 58.3 Å². The Morgan fingerprint density at radius 1 is 0.946 bits per heavy atom. The third-order valence-corrected chi connectivity index (χ3v) is 9.93. The summed E-state index contributed by atoms with van der Waals surface area (Å²) in [6.45, 7) is 4.39. The minimum atomic E-state index is -0.491. The summed E-state index contributed by atoms with van der Waals surface area (Å²) >= 11 is 6.13. The van der Waals surface area contributed by atoms with Crippen molar-refractivity contribution in [3.8, 4) is 0 Å². The van der Waals surface area contributed by atoms with E-state index in [1.54, 1.807) is 4.90 Å². The van der Waals surface area contributed by atoms with Crippen LogP contribution in [-0.2, 0) is 14.5 Å². The number of unbranched alkanes of at least 4 members (excludes halogenated alkanes) is 1. The molecule has 0 radical (unpaired) electrons. The van der Waals surface area contributed by atoms with Gasteiger partial charge in [-0.15, -0.1) is 0 Å². The first-order valence-corrected chi connectivity index (χ1v) is 14.2. The Labute approximate surface area is 236 Å². The van der Waals surface area contributed by atoms with Crippen LogP contribution in [0.4, 0.5) is 5.69 Å². The number of halogens is 3. The molecule has 2 spiro atoms. The number of rotatable bonds is 6. The van der Waals surface area contributed by atoms with Crippen LogP contribution in [0.3, 0.4) is 0 Å². The second-order valence-corrected chi connectivity index (χ2v) is 12.4. The van der Waals surface area contributed by atoms with Crippen molar-refractivity contribution in [2.45, 2.75) is 69.4 Å². The fourth-order valence-electron chi connectivity index (χ4n) is 8.08. The zero-order valence-corrected chi connectivity index (χ0v) is 23.5. The third kappa shape index (κ3) is 5.08. The highest BCUT2D eigenvalue weighted by molar-refractivity contribution is 6.31. The van der Waals surface area contributed by atoms with Crippen LogP contribution >= 0.6 is 11.6 Å². The summed E-state index contributed by atoms with van der Waals surface area (Å²) in [5, 5.41) is 5.55. The summed E-state index contributed by atoms with van der Waals surface area (Å²) in [7, 11) is 0. The van der Waals surface area contributed by atoms with E-state index in [1.165, 1.54) is 50.5 Å². The van der Waals surface area contributed by atoms with Gasteiger partial charge in [-0.25, -0.2) is 4.98 Å². The third-order valence-electron chi connectivity index (χ3n) is 9.70. The van der Waals surface area contributed by atoms with Crippen LogP contribution in [-0.4, -0.2) is 37.8 Å². The standard InChI is InChI=1S/C28H36ClN3O3.2ClH/c29-23-3-4-24-25(5-9-31-26(24)18-23)30-8-1-2-10-32-11-6-27(7-12-32)33-28(35-34-27)21-14-19-13-20(16-21)17-22(28)15-19;;/h3-5,9,18-22H,1-2,6-8,10-17H2,(H,30,31);2*1H. The number of quaternary nitrogens is 1. The van der Waals surface area contributed by atoms with Gasteiger partial charge in [0.2, 0.25) is 17.1 Å². The van der Waals surface area contributed by atoms with E-state index in [9.17, 15) is 0 Å². The molecule has 0 unspecified atom stereocenters. The number of benzene rings is 1. The maximum absolute atomic E-state index is 6.86. The highest BCUT2D eigenvalue weighted by atomic mass is 35.5. The largest absolute Gasteiger partial charge is 1.00 e. The molecule has 3 N–H and O–H groups in total. The van der Waals surface area contributed by atoms with Gasteiger partial charge >= 0.3 is 0 Å². The molecule has 0 atom stereocenters. The number of aromatic nitrogens is 1. The minimum absolute atomic E-state index is 0. The molecule has 2 aromatic rings. The van der Waals surface area contributed by atoms with E-state index in [0.717, 1.165) is 67.0 Å². The molecule has 4 saturated carbocycles. The number of anilines is 1. The summed E-state index contributed by atoms with van der Waals surface area (Å²) in [6, 6.07) is 8.10. The maximum atomic E-state index is 6.86. The van der Waals surface area contributed by atoms with Gasteiger partial charge in [-0.2, -0.15) is 9.78 Å². The first kappa shape index (κ1) is 27.7. The predicted molar refractivity (Wildman–Crippen MR) is 134 cm³/mol. The number of hydrogen-bond acceptors (Lipinski definition) is 4. The van der Waals surface area contributed by atoms with Crippen LogP contribution in [0.5, 0.6) is 0 Å². The number of aromatic amines is 1. The highest BCUT2D eigenvalue weighted by Gasteiger charge is 2.67. The van der Waals surface area contributed by atoms with Crippen LogP contribution in [0, 0.1) is 23.7 Å². The molecule has 3 heterocycles. The molecule has 8 rings (SSSR count). The lowest BCUT2D eigenvalue weighted by atomic mass is 9.53. The molecule has 2 saturated heterocycles. The van der Waals surface area contributed by atoms with Crippen molar-refractivity contribution < 1.29 is 49.2 Å². The molecule has 1 aromatic heterocycles. The van der Waals surface area contributed by atoms with E-state index in [1.807, 2.05) is 18.3 Å². The Morgan fingerprint density at radius 3 is 2.41 bits per heavy atom. The normalized spacial score (nSPS) is 37.6. The summed E-state index contributed by atoms with van der Waals surface area (Å²) in [4.78, 5) is 17.2. The fraction of sp³-hybridized carbons (Fsp3) is 0.679. The van der Waals surface area contributed by atoms with E-state index >= 15 is 0 Å². The minimum Gasteiger partial charge on any atom is -1.00 e. The Morgan fingerprint density at radius 2 is 1.68 bits per heavy atom. The lowest BCUT2D eigenvalue weighted by molar-refractivity contribution is -0.909. The van der Waals surface area contributed by atoms with Crippen LogP contribution in [0.25, 0.3) is 10.9 Å². The van der Waals surface area contributed by atoms with Gasteiger partial charge in [0.05, 0.1) is 43.5 Å². The zero-order chi connectivity index (χ0) is 23.5. The van der Waals surface area contributed by atoms with Crippen LogP contribution in [0.2, 0.25) is 5.02 Å². The summed E-state index contributed by atoms with van der Waals surface area (Å²) in [6.07, 6.45) is 12.8. The van der Waals surface area contributed by atoms with E-state index in [0.29, 0.717) is 11.8 Å². The molecular formula is C28H38Cl3N3O3. The lowest BCUT2D eigenvalue weighted by Crippen LogP contribution is -3.13. The molecular weight excluding hydrogens is 533 g/mol. The highest BCUT2D eigenvalue weighted by Crippen LogP contribution is 2.63. The lowest BCUT2D eigenvalue weighted by Gasteiger charge is -2.57. The molecule has 6 aliphatic rings. The molecule has 2 aliphatic heterocycles. The second-order valence-electron chi connectivity index (χ2n) is 11.9. The van der Waals surface area contributed by atoms with E-state index in [4.69, 9.17) is 26.1 Å². The Hall–Kier alpha value is -0.860. The summed E-state index contributed by atoms with van der Waals surface area (Å²) < 4.78 is 6.86. The SMILES string of the molecule is Clc1ccc2c(NCCCC[NH+]3CCC4(CC3)OOC3(O4)C4CC5CC(C4)CC3C5)cc[nH+]c2c1.[Cl-].[Cl-]. The molecule has 4 aliphatic carbocycles. The Balaban J connectivity index is 0.00000140. The number of hydrogen-bond donors (Lipinski definition) is 2. The van der Waals surface area contributed by atoms with E-state index in [2.05, 4.69) is 22.4 Å². The monoisotopic (exact) mass is 569 g/mol. The average Bonchev–Trinajstić information content (AvgIpc) is 3.23. The molecule has 9 heteroatoms. The fourth-order valence-corrected chi connectivity index (χ4v) is 8.25. The average molecular weight is 571 g/mol. The number of fused-ring (bicyclic) bond motifs is 1. The zero-order valence-electron chi connectivity index (χ0n) is 21.2. The van der Waals surface area contributed by atoms with Gasteiger partial charge in [0, 0.05) is 35.5 Å². The molecule has 6 nitrogen and oxygen atoms in total. The van der Waals surface area contributed by atoms with Crippen molar-refractivity contribution in [2.75, 3.05) is 31.5 Å². The summed E-state index contributed by atoms with van der Waals surface area (Å²) in [5.74, 6) is 1.99. The van der Waals surface area contributed by atoms with Gasteiger partial charge < -0.3 is 39.8 Å². The van der Waals surface area contributed by atoms with Gasteiger partial charge in [-0.3, -0.25) is 0 Å². The van der Waals surface area contributed by atoms with Crippen molar-refractivity contribution in [2.24, 2.45) is 23.7 Å². The number of nitrogens with one attached hydrogen (secondary N) is 3. The molecule has 204 valence electrons. The van der Waals surface area contributed by atoms with E-state index in [-0.39, 0.29) is 24.8 Å². The van der Waals surface area contributed by atoms with Crippen molar-refractivity contribution in [1.29, 1.82) is 0 Å². The Bertz CT molecular complexity index is 1070. The van der Waals surface area contributed by atoms with Gasteiger partial charge in [0.25, 0.3) is 0 Å². The van der Waals surface area contributed by atoms with Gasteiger partial charge in [-0.05, 0) is 68.9 Å². The first-order chi connectivity index (χ1) is 17.1. The summed E-state index contributed by atoms with van der Waals surface area (Å²) in [5.41, 5.74) is 2.22. The molecule has 37 heavy (non-hydrogen) atoms. The van der Waals surface area contributed by atoms with Gasteiger partial charge in [0.15, 0.2) is 6.20 Å². The number of ether oxygens (including phenoxy) is 1. The quantitative estimate of drug-likeness (QED) is 0.312. The number of pyridine rings is 1.